The average molecular weight is 548 g/mol. The van der Waals surface area contributed by atoms with Crippen molar-refractivity contribution in [2.45, 2.75) is 13.5 Å². The molecule has 1 N–H and O–H groups in total. The zero-order valence-electron chi connectivity index (χ0n) is 16.7. The molecule has 0 fully saturated rings. The van der Waals surface area contributed by atoms with Crippen molar-refractivity contribution >= 4 is 73.4 Å². The lowest BCUT2D eigenvalue weighted by molar-refractivity contribution is 0.304. The second kappa shape index (κ2) is 9.56. The molecule has 0 unspecified atom stereocenters. The highest BCUT2D eigenvalue weighted by Gasteiger charge is 2.12. The maximum atomic E-state index is 9.70. The lowest BCUT2D eigenvalue weighted by atomic mass is 10.1. The Morgan fingerprint density at radius 3 is 2.62 bits per heavy atom. The number of fused-ring (bicyclic) bond motifs is 1. The molecule has 0 spiro atoms. The molecule has 32 heavy (non-hydrogen) atoms. The zero-order chi connectivity index (χ0) is 22.8. The summed E-state index contributed by atoms with van der Waals surface area (Å²) in [6.07, 6.45) is 1.73. The van der Waals surface area contributed by atoms with Gasteiger partial charge in [-0.2, -0.15) is 5.26 Å². The van der Waals surface area contributed by atoms with E-state index in [1.54, 1.807) is 24.3 Å². The fourth-order valence-electron chi connectivity index (χ4n) is 3.16. The molecule has 0 saturated carbocycles. The standard InChI is InChI=1S/C24H15BrCl3N3O/c1-13-2-5-21-22(6-13)31-24(30-21)16(11-29)7-15-8-17(25)23(20(28)10-15)32-12-14-3-4-18(26)19(27)9-14/h2-10H,12H2,1H3,(H,30,31)/b16-7-. The van der Waals surface area contributed by atoms with E-state index in [0.29, 0.717) is 36.7 Å². The number of hydrogen-bond acceptors (Lipinski definition) is 3. The summed E-state index contributed by atoms with van der Waals surface area (Å²) < 4.78 is 6.55. The van der Waals surface area contributed by atoms with Crippen molar-refractivity contribution < 1.29 is 4.74 Å². The number of nitrogens with one attached hydrogen (secondary N) is 1. The number of halogens is 4. The number of nitrogens with zero attached hydrogens (tertiary/aromatic N) is 2. The molecule has 160 valence electrons. The zero-order valence-corrected chi connectivity index (χ0v) is 20.6. The fourth-order valence-corrected chi connectivity index (χ4v) is 4.47. The fraction of sp³-hybridized carbons (Fsp3) is 0.0833. The Morgan fingerprint density at radius 2 is 1.91 bits per heavy atom. The van der Waals surface area contributed by atoms with Crippen LogP contribution < -0.4 is 4.74 Å². The van der Waals surface area contributed by atoms with Crippen LogP contribution in [0.3, 0.4) is 0 Å². The highest BCUT2D eigenvalue weighted by atomic mass is 79.9. The van der Waals surface area contributed by atoms with Crippen LogP contribution in [0.25, 0.3) is 22.7 Å². The van der Waals surface area contributed by atoms with Gasteiger partial charge in [-0.3, -0.25) is 0 Å². The second-order valence-electron chi connectivity index (χ2n) is 7.13. The van der Waals surface area contributed by atoms with Gasteiger partial charge in [0.15, 0.2) is 5.75 Å². The van der Waals surface area contributed by atoms with Gasteiger partial charge in [-0.25, -0.2) is 4.98 Å². The van der Waals surface area contributed by atoms with Gasteiger partial charge in [-0.15, -0.1) is 0 Å². The van der Waals surface area contributed by atoms with Crippen LogP contribution in [0, 0.1) is 18.3 Å². The molecule has 4 aromatic rings. The van der Waals surface area contributed by atoms with Gasteiger partial charge in [0.05, 0.1) is 36.1 Å². The summed E-state index contributed by atoms with van der Waals surface area (Å²) in [5, 5.41) is 11.0. The number of benzene rings is 3. The molecule has 0 bridgehead atoms. The van der Waals surface area contributed by atoms with Crippen LogP contribution in [0.4, 0.5) is 0 Å². The van der Waals surface area contributed by atoms with Crippen LogP contribution in [0.15, 0.2) is 53.0 Å². The number of imidazole rings is 1. The maximum absolute atomic E-state index is 9.70. The van der Waals surface area contributed by atoms with E-state index in [0.717, 1.165) is 27.7 Å². The second-order valence-corrected chi connectivity index (χ2v) is 9.20. The number of ether oxygens (including phenoxy) is 1. The molecule has 1 heterocycles. The van der Waals surface area contributed by atoms with E-state index in [4.69, 9.17) is 39.5 Å². The van der Waals surface area contributed by atoms with Crippen LogP contribution >= 0.6 is 50.7 Å². The van der Waals surface area contributed by atoms with Gasteiger partial charge in [0.2, 0.25) is 0 Å². The van der Waals surface area contributed by atoms with Crippen LogP contribution in [0.5, 0.6) is 5.75 Å². The van der Waals surface area contributed by atoms with Gasteiger partial charge in [-0.1, -0.05) is 46.9 Å². The van der Waals surface area contributed by atoms with E-state index in [1.165, 1.54) is 0 Å². The highest BCUT2D eigenvalue weighted by molar-refractivity contribution is 9.10. The van der Waals surface area contributed by atoms with E-state index < -0.39 is 0 Å². The molecule has 0 aliphatic carbocycles. The molecule has 4 nitrogen and oxygen atoms in total. The molecule has 0 radical (unpaired) electrons. The summed E-state index contributed by atoms with van der Waals surface area (Å²) in [6, 6.07) is 17.0. The Kier molecular flexibility index (Phi) is 6.78. The molecule has 0 saturated heterocycles. The molecular formula is C24H15BrCl3N3O. The number of H-pyrrole nitrogens is 1. The van der Waals surface area contributed by atoms with Gasteiger partial charge in [0, 0.05) is 0 Å². The number of aromatic amines is 1. The summed E-state index contributed by atoms with van der Waals surface area (Å²) >= 11 is 22.0. The third-order valence-corrected chi connectivity index (χ3v) is 6.32. The third kappa shape index (κ3) is 4.95. The third-order valence-electron chi connectivity index (χ3n) is 4.71. The van der Waals surface area contributed by atoms with Crippen molar-refractivity contribution in [1.82, 2.24) is 9.97 Å². The maximum Gasteiger partial charge on any atom is 0.152 e. The van der Waals surface area contributed by atoms with E-state index in [1.807, 2.05) is 37.3 Å². The first-order valence-corrected chi connectivity index (χ1v) is 11.4. The van der Waals surface area contributed by atoms with Crippen molar-refractivity contribution in [1.29, 1.82) is 5.26 Å². The van der Waals surface area contributed by atoms with Crippen LogP contribution in [-0.4, -0.2) is 9.97 Å². The van der Waals surface area contributed by atoms with E-state index in [2.05, 4.69) is 32.0 Å². The minimum Gasteiger partial charge on any atom is -0.486 e. The van der Waals surface area contributed by atoms with Crippen LogP contribution in [-0.2, 0) is 6.61 Å². The molecule has 0 amide bonds. The van der Waals surface area contributed by atoms with E-state index in [9.17, 15) is 5.26 Å². The number of aryl methyl sites for hydroxylation is 1. The first kappa shape index (κ1) is 22.7. The molecule has 1 aromatic heterocycles. The molecular weight excluding hydrogens is 533 g/mol. The lowest BCUT2D eigenvalue weighted by Gasteiger charge is -2.12. The van der Waals surface area contributed by atoms with Crippen molar-refractivity contribution in [2.24, 2.45) is 0 Å². The topological polar surface area (TPSA) is 61.7 Å². The quantitative estimate of drug-likeness (QED) is 0.256. The van der Waals surface area contributed by atoms with Gasteiger partial charge in [-0.05, 0) is 82.0 Å². The minimum absolute atomic E-state index is 0.270. The van der Waals surface area contributed by atoms with Crippen molar-refractivity contribution in [2.75, 3.05) is 0 Å². The molecule has 8 heteroatoms. The van der Waals surface area contributed by atoms with Crippen molar-refractivity contribution in [3.63, 3.8) is 0 Å². The van der Waals surface area contributed by atoms with Gasteiger partial charge >= 0.3 is 0 Å². The van der Waals surface area contributed by atoms with E-state index in [-0.39, 0.29) is 6.61 Å². The minimum atomic E-state index is 0.270. The Morgan fingerprint density at radius 1 is 1.09 bits per heavy atom. The Bertz CT molecular complexity index is 1380. The normalized spacial score (nSPS) is 11.6. The SMILES string of the molecule is Cc1ccc2nc(/C(C#N)=C\c3cc(Cl)c(OCc4ccc(Cl)c(Cl)c4)c(Br)c3)[nH]c2c1. The summed E-state index contributed by atoms with van der Waals surface area (Å²) in [7, 11) is 0. The largest absolute Gasteiger partial charge is 0.486 e. The van der Waals surface area contributed by atoms with Crippen molar-refractivity contribution in [3.05, 3.63) is 90.6 Å². The van der Waals surface area contributed by atoms with Crippen LogP contribution in [0.2, 0.25) is 15.1 Å². The van der Waals surface area contributed by atoms with Gasteiger partial charge < -0.3 is 9.72 Å². The molecule has 3 aromatic carbocycles. The van der Waals surface area contributed by atoms with Crippen molar-refractivity contribution in [3.8, 4) is 11.8 Å². The molecule has 4 rings (SSSR count). The predicted molar refractivity (Wildman–Crippen MR) is 134 cm³/mol. The molecule has 0 aliphatic rings. The molecule has 0 atom stereocenters. The smallest absolute Gasteiger partial charge is 0.152 e. The number of allylic oxidation sites excluding steroid dienone is 1. The highest BCUT2D eigenvalue weighted by Crippen LogP contribution is 2.36. The summed E-state index contributed by atoms with van der Waals surface area (Å²) in [5.41, 5.74) is 4.78. The number of nitriles is 1. The molecule has 0 aliphatic heterocycles. The average Bonchev–Trinajstić information content (AvgIpc) is 3.16. The number of aromatic nitrogens is 2. The first-order valence-electron chi connectivity index (χ1n) is 9.48. The monoisotopic (exact) mass is 545 g/mol. The Balaban J connectivity index is 1.60. The van der Waals surface area contributed by atoms with E-state index >= 15 is 0 Å². The van der Waals surface area contributed by atoms with Gasteiger partial charge in [0.1, 0.15) is 18.5 Å². The summed E-state index contributed by atoms with van der Waals surface area (Å²) in [5.74, 6) is 0.993. The lowest BCUT2D eigenvalue weighted by Crippen LogP contribution is -1.97. The first-order chi connectivity index (χ1) is 15.3. The number of rotatable bonds is 5. The Labute approximate surface area is 208 Å². The number of hydrogen-bond donors (Lipinski definition) is 1. The summed E-state index contributed by atoms with van der Waals surface area (Å²) in [6.45, 7) is 2.28. The van der Waals surface area contributed by atoms with Crippen LogP contribution in [0.1, 0.15) is 22.5 Å². The Hall–Kier alpha value is -2.49. The summed E-state index contributed by atoms with van der Waals surface area (Å²) in [4.78, 5) is 7.73. The van der Waals surface area contributed by atoms with Gasteiger partial charge in [0.25, 0.3) is 0 Å². The predicted octanol–water partition coefficient (Wildman–Crippen LogP) is 8.24.